The minimum absolute atomic E-state index is 0. The van der Waals surface area contributed by atoms with Crippen LogP contribution in [-0.4, -0.2) is 115 Å². The van der Waals surface area contributed by atoms with Gasteiger partial charge in [-0.1, -0.05) is 0 Å². The molecule has 0 saturated carbocycles. The molecule has 0 aliphatic rings. The first-order valence-corrected chi connectivity index (χ1v) is 9.65. The number of phosphoric acid groups is 2. The van der Waals surface area contributed by atoms with Gasteiger partial charge < -0.3 is 43.9 Å². The molecule has 6 N–H and O–H groups in total. The molecule has 0 aromatic carbocycles. The fraction of sp³-hybridized carbons (Fsp3) is 1.00. The van der Waals surface area contributed by atoms with Crippen LogP contribution in [0.1, 0.15) is 0 Å². The minimum Gasteiger partial charge on any atom is -0.313 e. The van der Waals surface area contributed by atoms with Crippen molar-refractivity contribution in [3.8, 4) is 0 Å². The van der Waals surface area contributed by atoms with Crippen molar-refractivity contribution in [3.63, 3.8) is 0 Å². The van der Waals surface area contributed by atoms with E-state index in [1.54, 1.807) is 0 Å². The second-order valence-electron chi connectivity index (χ2n) is 4.04. The Morgan fingerprint density at radius 3 is 0.933 bits per heavy atom. The maximum absolute atomic E-state index is 9.92. The molecule has 0 rings (SSSR count). The van der Waals surface area contributed by atoms with Crippen LogP contribution < -0.4 is 0 Å². The molecule has 0 atom stereocenters. The van der Waals surface area contributed by atoms with Crippen molar-refractivity contribution in [3.05, 3.63) is 30.3 Å². The Kier molecular flexibility index (Phi) is 23.6. The molecule has 0 heterocycles. The van der Waals surface area contributed by atoms with E-state index in [0.29, 0.717) is 0 Å². The van der Waals surface area contributed by atoms with Crippen molar-refractivity contribution < 1.29 is 68.3 Å². The predicted molar refractivity (Wildman–Crippen MR) is 89.6 cm³/mol. The Morgan fingerprint density at radius 2 is 0.800 bits per heavy atom. The van der Waals surface area contributed by atoms with Crippen molar-refractivity contribution in [2.24, 2.45) is 0 Å². The van der Waals surface area contributed by atoms with E-state index in [2.05, 4.69) is 14.5 Å². The standard InChI is InChI=1S/C6H12N4O9.Bi.2H3O4P/c11-8(12)17-4-1-7(2-5-18-9(13)14)3-6-19-10(15)16;;2*1-5(2,3)4/h1-6H2;;2*(H3,1,2,3,4)/q;+3;;. The summed E-state index contributed by atoms with van der Waals surface area (Å²) in [4.78, 5) is 86.5. The second kappa shape index (κ2) is 19.6. The van der Waals surface area contributed by atoms with E-state index >= 15 is 0 Å². The van der Waals surface area contributed by atoms with E-state index in [0.717, 1.165) is 0 Å². The molecule has 0 spiro atoms. The van der Waals surface area contributed by atoms with Gasteiger partial charge in [0.1, 0.15) is 19.8 Å². The van der Waals surface area contributed by atoms with E-state index < -0.39 is 30.9 Å². The van der Waals surface area contributed by atoms with E-state index in [1.165, 1.54) is 4.90 Å². The molecule has 176 valence electrons. The molecule has 0 aliphatic carbocycles. The van der Waals surface area contributed by atoms with Crippen LogP contribution in [-0.2, 0) is 23.6 Å². The van der Waals surface area contributed by atoms with Gasteiger partial charge in [-0.15, -0.1) is 30.3 Å². The zero-order valence-corrected chi connectivity index (χ0v) is 19.8. The summed E-state index contributed by atoms with van der Waals surface area (Å²) in [5, 5.41) is 26.8. The molecule has 0 aliphatic heterocycles. The number of rotatable bonds is 12. The number of hydrogen-bond acceptors (Lipinski definition) is 12. The molecular formula is C6H18BiN4O17P2+3. The molecular weight excluding hydrogens is 671 g/mol. The molecule has 30 heavy (non-hydrogen) atoms. The Morgan fingerprint density at radius 1 is 0.633 bits per heavy atom. The Bertz CT molecular complexity index is 497. The van der Waals surface area contributed by atoms with Gasteiger partial charge in [0.15, 0.2) is 0 Å². The quantitative estimate of drug-likeness (QED) is 0.0505. The number of nitrogens with zero attached hydrogens (tertiary/aromatic N) is 4. The average Bonchev–Trinajstić information content (AvgIpc) is 2.41. The van der Waals surface area contributed by atoms with Crippen LogP contribution in [0.5, 0.6) is 0 Å². The van der Waals surface area contributed by atoms with Crippen molar-refractivity contribution in [1.82, 2.24) is 4.90 Å². The summed E-state index contributed by atoms with van der Waals surface area (Å²) in [6.07, 6.45) is 0. The third-order valence-electron chi connectivity index (χ3n) is 1.81. The second-order valence-corrected chi connectivity index (χ2v) is 6.09. The van der Waals surface area contributed by atoms with E-state index in [1.807, 2.05) is 0 Å². The van der Waals surface area contributed by atoms with Crippen LogP contribution in [0.4, 0.5) is 0 Å². The van der Waals surface area contributed by atoms with Gasteiger partial charge in [0.2, 0.25) is 0 Å². The maximum atomic E-state index is 9.92. The molecule has 21 nitrogen and oxygen atoms in total. The van der Waals surface area contributed by atoms with E-state index in [-0.39, 0.29) is 65.7 Å². The first-order chi connectivity index (χ1) is 12.9. The molecule has 0 aromatic rings. The zero-order chi connectivity index (χ0) is 23.7. The first-order valence-electron chi connectivity index (χ1n) is 6.52. The van der Waals surface area contributed by atoms with Crippen LogP contribution in [0.3, 0.4) is 0 Å². The SMILES string of the molecule is O=P(O)(O)O.O=P(O)(O)O.O=[N+]([O-])OCCN(CCO[N+](=O)[O-])CCO[N+](=O)[O-].[Bi+3]. The molecule has 0 amide bonds. The molecule has 0 saturated heterocycles. The fourth-order valence-electron chi connectivity index (χ4n) is 1.07. The van der Waals surface area contributed by atoms with Gasteiger partial charge in [-0.25, -0.2) is 9.13 Å². The molecule has 0 fully saturated rings. The topological polar surface area (TPSA) is 316 Å². The van der Waals surface area contributed by atoms with Crippen molar-refractivity contribution in [2.45, 2.75) is 0 Å². The van der Waals surface area contributed by atoms with Gasteiger partial charge in [0.05, 0.1) is 0 Å². The first kappa shape index (κ1) is 36.1. The Hall–Kier alpha value is -1.34. The Labute approximate surface area is 185 Å². The largest absolute Gasteiger partial charge is 3.00 e. The summed E-state index contributed by atoms with van der Waals surface area (Å²) in [5.74, 6) is 0. The normalized spacial score (nSPS) is 10.2. The zero-order valence-electron chi connectivity index (χ0n) is 14.5. The predicted octanol–water partition coefficient (Wildman–Crippen LogP) is -3.32. The van der Waals surface area contributed by atoms with Crippen molar-refractivity contribution >= 4 is 41.8 Å². The molecule has 24 heteroatoms. The monoisotopic (exact) mass is 689 g/mol. The molecule has 2 radical (unpaired) electrons. The van der Waals surface area contributed by atoms with Crippen LogP contribution in [0.25, 0.3) is 0 Å². The van der Waals surface area contributed by atoms with Gasteiger partial charge >= 0.3 is 41.8 Å². The summed E-state index contributed by atoms with van der Waals surface area (Å²) in [6, 6.07) is 0. The third kappa shape index (κ3) is 63.2. The van der Waals surface area contributed by atoms with Crippen molar-refractivity contribution in [1.29, 1.82) is 0 Å². The van der Waals surface area contributed by atoms with Crippen LogP contribution in [0, 0.1) is 30.3 Å². The molecule has 0 bridgehead atoms. The van der Waals surface area contributed by atoms with Gasteiger partial charge in [0.25, 0.3) is 15.3 Å². The van der Waals surface area contributed by atoms with E-state index in [9.17, 15) is 30.3 Å². The van der Waals surface area contributed by atoms with Crippen LogP contribution in [0.15, 0.2) is 0 Å². The fourth-order valence-corrected chi connectivity index (χ4v) is 1.07. The van der Waals surface area contributed by atoms with Gasteiger partial charge in [0, 0.05) is 19.6 Å². The van der Waals surface area contributed by atoms with E-state index in [4.69, 9.17) is 38.5 Å². The van der Waals surface area contributed by atoms with Crippen LogP contribution >= 0.6 is 15.6 Å². The van der Waals surface area contributed by atoms with Crippen LogP contribution in [0.2, 0.25) is 0 Å². The minimum atomic E-state index is -4.64. The third-order valence-corrected chi connectivity index (χ3v) is 1.81. The Balaban J connectivity index is -0.000000254. The summed E-state index contributed by atoms with van der Waals surface area (Å²) >= 11 is 0. The van der Waals surface area contributed by atoms with Gasteiger partial charge in [-0.3, -0.25) is 4.90 Å². The summed E-state index contributed by atoms with van der Waals surface area (Å²) < 4.78 is 17.8. The summed E-state index contributed by atoms with van der Waals surface area (Å²) in [5.41, 5.74) is 0. The summed E-state index contributed by atoms with van der Waals surface area (Å²) in [7, 11) is -9.28. The smallest absolute Gasteiger partial charge is 0.313 e. The maximum Gasteiger partial charge on any atom is 3.00 e. The van der Waals surface area contributed by atoms with Gasteiger partial charge in [-0.05, 0) is 0 Å². The van der Waals surface area contributed by atoms with Gasteiger partial charge in [-0.2, -0.15) is 0 Å². The van der Waals surface area contributed by atoms with Crippen molar-refractivity contribution in [2.75, 3.05) is 39.5 Å². The number of hydrogen-bond donors (Lipinski definition) is 6. The summed E-state index contributed by atoms with van der Waals surface area (Å²) in [6.45, 7) is -0.687. The molecule has 0 unspecified atom stereocenters. The molecule has 0 aromatic heterocycles. The average molecular weight is 689 g/mol.